The molecule has 0 aliphatic carbocycles. The monoisotopic (exact) mass is 261 g/mol. The molecule has 5 heteroatoms. The lowest BCUT2D eigenvalue weighted by atomic mass is 10.2. The number of nitrogens with one attached hydrogen (secondary N) is 1. The molecule has 1 aromatic heterocycles. The van der Waals surface area contributed by atoms with E-state index in [-0.39, 0.29) is 5.91 Å². The van der Waals surface area contributed by atoms with Gasteiger partial charge in [-0.1, -0.05) is 11.6 Å². The van der Waals surface area contributed by atoms with Crippen LogP contribution in [-0.4, -0.2) is 10.9 Å². The molecule has 0 aliphatic rings. The van der Waals surface area contributed by atoms with E-state index in [0.717, 1.165) is 5.56 Å². The zero-order chi connectivity index (χ0) is 13.1. The van der Waals surface area contributed by atoms with Crippen molar-refractivity contribution in [3.05, 3.63) is 52.7 Å². The maximum Gasteiger partial charge on any atom is 0.258 e. The molecule has 0 spiro atoms. The highest BCUT2D eigenvalue weighted by molar-refractivity contribution is 6.34. The third-order valence-corrected chi connectivity index (χ3v) is 2.71. The van der Waals surface area contributed by atoms with E-state index < -0.39 is 0 Å². The lowest BCUT2D eigenvalue weighted by molar-refractivity contribution is 0.102. The lowest BCUT2D eigenvalue weighted by Crippen LogP contribution is -2.13. The molecule has 1 heterocycles. The number of hydrogen-bond donors (Lipinski definition) is 2. The van der Waals surface area contributed by atoms with Crippen LogP contribution >= 0.6 is 11.6 Å². The molecule has 2 aromatic rings. The molecular formula is C13H12ClN3O. The number of aromatic nitrogens is 1. The number of carbonyl (C=O) groups is 1. The Morgan fingerprint density at radius 3 is 2.78 bits per heavy atom. The summed E-state index contributed by atoms with van der Waals surface area (Å²) in [5, 5.41) is 3.00. The van der Waals surface area contributed by atoms with Gasteiger partial charge in [-0.2, -0.15) is 0 Å². The van der Waals surface area contributed by atoms with Crippen LogP contribution < -0.4 is 11.1 Å². The Bertz CT molecular complexity index is 599. The topological polar surface area (TPSA) is 68.0 Å². The van der Waals surface area contributed by atoms with Crippen molar-refractivity contribution in [2.45, 2.75) is 6.92 Å². The van der Waals surface area contributed by atoms with Crippen LogP contribution in [0.2, 0.25) is 5.02 Å². The second kappa shape index (κ2) is 5.06. The fraction of sp³-hybridized carbons (Fsp3) is 0.0769. The average Bonchev–Trinajstić information content (AvgIpc) is 2.28. The Morgan fingerprint density at radius 2 is 2.11 bits per heavy atom. The standard InChI is InChI=1S/C13H12ClN3O/c1-8-4-5-16-12(6-8)17-13(18)10-3-2-9(15)7-11(10)14/h2-7H,15H2,1H3,(H,16,17,18). The van der Waals surface area contributed by atoms with Crippen molar-refractivity contribution in [2.24, 2.45) is 0 Å². The van der Waals surface area contributed by atoms with E-state index in [9.17, 15) is 4.79 Å². The molecule has 18 heavy (non-hydrogen) atoms. The summed E-state index contributed by atoms with van der Waals surface area (Å²) >= 11 is 5.96. The van der Waals surface area contributed by atoms with Gasteiger partial charge >= 0.3 is 0 Å². The van der Waals surface area contributed by atoms with Crippen LogP contribution in [0.1, 0.15) is 15.9 Å². The van der Waals surface area contributed by atoms with E-state index in [0.29, 0.717) is 22.1 Å². The zero-order valence-corrected chi connectivity index (χ0v) is 10.5. The molecule has 4 nitrogen and oxygen atoms in total. The second-order valence-corrected chi connectivity index (χ2v) is 4.32. The summed E-state index contributed by atoms with van der Waals surface area (Å²) in [6, 6.07) is 8.39. The third kappa shape index (κ3) is 2.78. The van der Waals surface area contributed by atoms with Gasteiger partial charge in [0.05, 0.1) is 10.6 Å². The Kier molecular flexibility index (Phi) is 3.48. The van der Waals surface area contributed by atoms with E-state index in [2.05, 4.69) is 10.3 Å². The molecule has 0 atom stereocenters. The maximum absolute atomic E-state index is 12.0. The van der Waals surface area contributed by atoms with Crippen LogP contribution in [0.15, 0.2) is 36.5 Å². The van der Waals surface area contributed by atoms with E-state index in [1.807, 2.05) is 13.0 Å². The summed E-state index contributed by atoms with van der Waals surface area (Å²) in [5.74, 6) is 0.186. The van der Waals surface area contributed by atoms with Gasteiger partial charge in [-0.3, -0.25) is 4.79 Å². The van der Waals surface area contributed by atoms with Crippen LogP contribution in [0, 0.1) is 6.92 Å². The number of halogens is 1. The molecule has 0 radical (unpaired) electrons. The molecule has 3 N–H and O–H groups in total. The number of carbonyl (C=O) groups excluding carboxylic acids is 1. The van der Waals surface area contributed by atoms with Gasteiger partial charge in [-0.05, 0) is 42.8 Å². The van der Waals surface area contributed by atoms with E-state index in [1.54, 1.807) is 30.5 Å². The first-order valence-electron chi connectivity index (χ1n) is 5.35. The van der Waals surface area contributed by atoms with Crippen molar-refractivity contribution in [3.63, 3.8) is 0 Å². The minimum atomic E-state index is -0.307. The van der Waals surface area contributed by atoms with Crippen LogP contribution in [-0.2, 0) is 0 Å². The molecule has 1 amide bonds. The molecule has 0 fully saturated rings. The first kappa shape index (κ1) is 12.4. The molecule has 2 rings (SSSR count). The van der Waals surface area contributed by atoms with Crippen molar-refractivity contribution in [2.75, 3.05) is 11.1 Å². The van der Waals surface area contributed by atoms with Crippen molar-refractivity contribution >= 4 is 29.0 Å². The van der Waals surface area contributed by atoms with Crippen molar-refractivity contribution < 1.29 is 4.79 Å². The average molecular weight is 262 g/mol. The fourth-order valence-electron chi connectivity index (χ4n) is 1.50. The molecule has 92 valence electrons. The summed E-state index contributed by atoms with van der Waals surface area (Å²) in [4.78, 5) is 16.0. The van der Waals surface area contributed by atoms with Gasteiger partial charge in [0, 0.05) is 11.9 Å². The highest BCUT2D eigenvalue weighted by atomic mass is 35.5. The minimum Gasteiger partial charge on any atom is -0.399 e. The van der Waals surface area contributed by atoms with E-state index >= 15 is 0 Å². The van der Waals surface area contributed by atoms with Crippen LogP contribution in [0.25, 0.3) is 0 Å². The van der Waals surface area contributed by atoms with Gasteiger partial charge in [0.15, 0.2) is 0 Å². The Morgan fingerprint density at radius 1 is 1.33 bits per heavy atom. The third-order valence-electron chi connectivity index (χ3n) is 2.39. The normalized spacial score (nSPS) is 10.1. The number of nitrogen functional groups attached to an aromatic ring is 1. The number of pyridine rings is 1. The van der Waals surface area contributed by atoms with Crippen LogP contribution in [0.4, 0.5) is 11.5 Å². The number of hydrogen-bond acceptors (Lipinski definition) is 3. The van der Waals surface area contributed by atoms with Gasteiger partial charge in [0.2, 0.25) is 0 Å². The number of anilines is 2. The zero-order valence-electron chi connectivity index (χ0n) is 9.77. The van der Waals surface area contributed by atoms with Crippen LogP contribution in [0.5, 0.6) is 0 Å². The summed E-state index contributed by atoms with van der Waals surface area (Å²) in [6.07, 6.45) is 1.63. The lowest BCUT2D eigenvalue weighted by Gasteiger charge is -2.07. The van der Waals surface area contributed by atoms with Gasteiger partial charge < -0.3 is 11.1 Å². The predicted molar refractivity (Wildman–Crippen MR) is 72.8 cm³/mol. The fourth-order valence-corrected chi connectivity index (χ4v) is 1.78. The smallest absolute Gasteiger partial charge is 0.258 e. The largest absolute Gasteiger partial charge is 0.399 e. The molecule has 0 saturated heterocycles. The summed E-state index contributed by atoms with van der Waals surface area (Å²) in [6.45, 7) is 1.92. The summed E-state index contributed by atoms with van der Waals surface area (Å²) < 4.78 is 0. The van der Waals surface area contributed by atoms with Gasteiger partial charge in [0.25, 0.3) is 5.91 Å². The summed E-state index contributed by atoms with van der Waals surface area (Å²) in [5.41, 5.74) is 7.48. The molecular weight excluding hydrogens is 250 g/mol. The Hall–Kier alpha value is -2.07. The van der Waals surface area contributed by atoms with Gasteiger partial charge in [-0.25, -0.2) is 4.98 Å². The van der Waals surface area contributed by atoms with Crippen molar-refractivity contribution in [1.29, 1.82) is 0 Å². The van der Waals surface area contributed by atoms with Gasteiger partial charge in [-0.15, -0.1) is 0 Å². The van der Waals surface area contributed by atoms with Gasteiger partial charge in [0.1, 0.15) is 5.82 Å². The summed E-state index contributed by atoms with van der Waals surface area (Å²) in [7, 11) is 0. The minimum absolute atomic E-state index is 0.307. The number of nitrogens with two attached hydrogens (primary N) is 1. The quantitative estimate of drug-likeness (QED) is 0.817. The second-order valence-electron chi connectivity index (χ2n) is 3.91. The molecule has 0 saturated carbocycles. The SMILES string of the molecule is Cc1ccnc(NC(=O)c2ccc(N)cc2Cl)c1. The Balaban J connectivity index is 2.22. The molecule has 0 aliphatic heterocycles. The molecule has 0 unspecified atom stereocenters. The van der Waals surface area contributed by atoms with E-state index in [1.165, 1.54) is 0 Å². The number of nitrogens with zero attached hydrogens (tertiary/aromatic N) is 1. The first-order chi connectivity index (χ1) is 8.56. The molecule has 1 aromatic carbocycles. The molecule has 0 bridgehead atoms. The van der Waals surface area contributed by atoms with E-state index in [4.69, 9.17) is 17.3 Å². The predicted octanol–water partition coefficient (Wildman–Crippen LogP) is 2.88. The van der Waals surface area contributed by atoms with Crippen molar-refractivity contribution in [1.82, 2.24) is 4.98 Å². The van der Waals surface area contributed by atoms with Crippen LogP contribution in [0.3, 0.4) is 0 Å². The number of amides is 1. The Labute approximate surface area is 110 Å². The number of aryl methyl sites for hydroxylation is 1. The highest BCUT2D eigenvalue weighted by Gasteiger charge is 2.11. The maximum atomic E-state index is 12.0. The number of rotatable bonds is 2. The first-order valence-corrected chi connectivity index (χ1v) is 5.73. The highest BCUT2D eigenvalue weighted by Crippen LogP contribution is 2.20. The van der Waals surface area contributed by atoms with Crippen molar-refractivity contribution in [3.8, 4) is 0 Å². The number of benzene rings is 1.